The minimum atomic E-state index is 0.00408. The molecule has 2 fully saturated rings. The summed E-state index contributed by atoms with van der Waals surface area (Å²) in [5.41, 5.74) is 1.36. The van der Waals surface area contributed by atoms with Crippen LogP contribution < -0.4 is 0 Å². The van der Waals surface area contributed by atoms with Crippen molar-refractivity contribution in [2.24, 2.45) is 5.92 Å². The number of hydrogen-bond acceptors (Lipinski definition) is 3. The van der Waals surface area contributed by atoms with Crippen molar-refractivity contribution in [3.8, 4) is 0 Å². The summed E-state index contributed by atoms with van der Waals surface area (Å²) in [5, 5.41) is 0. The summed E-state index contributed by atoms with van der Waals surface area (Å²) in [7, 11) is 2.07. The molecule has 114 valence electrons. The van der Waals surface area contributed by atoms with Crippen LogP contribution in [0.3, 0.4) is 0 Å². The van der Waals surface area contributed by atoms with Crippen LogP contribution in [0.1, 0.15) is 37.7 Å². The third-order valence-electron chi connectivity index (χ3n) is 5.10. The number of rotatable bonds is 6. The number of unbranched alkanes of at least 4 members (excludes halogenated alkanes) is 1. The highest BCUT2D eigenvalue weighted by atomic mass is 16.5. The Morgan fingerprint density at radius 3 is 2.76 bits per heavy atom. The van der Waals surface area contributed by atoms with Crippen LogP contribution in [0.15, 0.2) is 30.3 Å². The first-order chi connectivity index (χ1) is 10.3. The van der Waals surface area contributed by atoms with E-state index in [-0.39, 0.29) is 12.0 Å². The van der Waals surface area contributed by atoms with Gasteiger partial charge in [-0.15, -0.1) is 0 Å². The predicted molar refractivity (Wildman–Crippen MR) is 83.0 cm³/mol. The molecule has 1 aliphatic carbocycles. The molecule has 3 rings (SSSR count). The predicted octanol–water partition coefficient (Wildman–Crippen LogP) is 3.04. The first-order valence-electron chi connectivity index (χ1n) is 8.18. The molecule has 0 radical (unpaired) electrons. The Balaban J connectivity index is 1.35. The normalized spacial score (nSPS) is 28.0. The van der Waals surface area contributed by atoms with E-state index in [1.54, 1.807) is 0 Å². The fraction of sp³-hybridized carbons (Fsp3) is 0.611. The summed E-state index contributed by atoms with van der Waals surface area (Å²) in [5.74, 6) is 0.543. The van der Waals surface area contributed by atoms with E-state index < -0.39 is 0 Å². The average Bonchev–Trinajstić information content (AvgIpc) is 3.08. The van der Waals surface area contributed by atoms with E-state index in [1.165, 1.54) is 24.8 Å². The summed E-state index contributed by atoms with van der Waals surface area (Å²) < 4.78 is 5.51. The molecule has 1 saturated heterocycles. The molecule has 2 bridgehead atoms. The van der Waals surface area contributed by atoms with Crippen LogP contribution >= 0.6 is 0 Å². The lowest BCUT2D eigenvalue weighted by Crippen LogP contribution is -2.44. The number of ether oxygens (including phenoxy) is 1. The number of carbonyl (C=O) groups excluding carboxylic acids is 1. The van der Waals surface area contributed by atoms with Crippen molar-refractivity contribution in [3.63, 3.8) is 0 Å². The van der Waals surface area contributed by atoms with Crippen LogP contribution in [0.5, 0.6) is 0 Å². The van der Waals surface area contributed by atoms with Gasteiger partial charge < -0.3 is 4.74 Å². The number of benzene rings is 1. The van der Waals surface area contributed by atoms with Crippen molar-refractivity contribution in [1.29, 1.82) is 0 Å². The van der Waals surface area contributed by atoms with Crippen LogP contribution in [0.25, 0.3) is 0 Å². The van der Waals surface area contributed by atoms with E-state index in [1.807, 2.05) is 6.07 Å². The van der Waals surface area contributed by atoms with E-state index in [2.05, 4.69) is 36.2 Å². The molecule has 1 aliphatic heterocycles. The van der Waals surface area contributed by atoms with E-state index in [0.717, 1.165) is 19.3 Å². The highest BCUT2D eigenvalue weighted by Crippen LogP contribution is 2.41. The topological polar surface area (TPSA) is 29.5 Å². The summed E-state index contributed by atoms with van der Waals surface area (Å²) in [4.78, 5) is 14.5. The zero-order valence-electron chi connectivity index (χ0n) is 12.8. The van der Waals surface area contributed by atoms with Gasteiger partial charge in [-0.1, -0.05) is 30.3 Å². The SMILES string of the molecule is CN1C2CCC(C2)C1C(=O)OCCCCc1ccccc1. The van der Waals surface area contributed by atoms with Crippen LogP contribution in [0.2, 0.25) is 0 Å². The second-order valence-corrected chi connectivity index (χ2v) is 6.45. The Morgan fingerprint density at radius 2 is 2.05 bits per heavy atom. The molecule has 0 spiro atoms. The van der Waals surface area contributed by atoms with Gasteiger partial charge in [0.1, 0.15) is 6.04 Å². The van der Waals surface area contributed by atoms with E-state index in [0.29, 0.717) is 18.6 Å². The molecule has 3 unspecified atom stereocenters. The molecule has 1 aromatic rings. The molecule has 21 heavy (non-hydrogen) atoms. The summed E-state index contributed by atoms with van der Waals surface area (Å²) >= 11 is 0. The highest BCUT2D eigenvalue weighted by molar-refractivity contribution is 5.77. The maximum absolute atomic E-state index is 12.2. The van der Waals surface area contributed by atoms with Gasteiger partial charge in [-0.25, -0.2) is 0 Å². The monoisotopic (exact) mass is 287 g/mol. The van der Waals surface area contributed by atoms with Crippen molar-refractivity contribution in [3.05, 3.63) is 35.9 Å². The van der Waals surface area contributed by atoms with Gasteiger partial charge in [0.05, 0.1) is 6.61 Å². The molecule has 1 heterocycles. The quantitative estimate of drug-likeness (QED) is 0.595. The second-order valence-electron chi connectivity index (χ2n) is 6.45. The van der Waals surface area contributed by atoms with Crippen LogP contribution in [-0.2, 0) is 16.0 Å². The van der Waals surface area contributed by atoms with E-state index in [4.69, 9.17) is 4.74 Å². The lowest BCUT2D eigenvalue weighted by molar-refractivity contribution is -0.151. The van der Waals surface area contributed by atoms with Gasteiger partial charge in [0, 0.05) is 6.04 Å². The highest BCUT2D eigenvalue weighted by Gasteiger charge is 2.47. The van der Waals surface area contributed by atoms with Gasteiger partial charge in [-0.2, -0.15) is 0 Å². The Hall–Kier alpha value is -1.35. The van der Waals surface area contributed by atoms with Gasteiger partial charge in [0.2, 0.25) is 0 Å². The number of likely N-dealkylation sites (N-methyl/N-ethyl adjacent to an activating group) is 1. The van der Waals surface area contributed by atoms with Gasteiger partial charge >= 0.3 is 5.97 Å². The van der Waals surface area contributed by atoms with E-state index >= 15 is 0 Å². The van der Waals surface area contributed by atoms with Crippen LogP contribution in [-0.4, -0.2) is 36.6 Å². The molecular weight excluding hydrogens is 262 g/mol. The lowest BCUT2D eigenvalue weighted by Gasteiger charge is -2.30. The third kappa shape index (κ3) is 3.29. The van der Waals surface area contributed by atoms with Crippen LogP contribution in [0, 0.1) is 5.92 Å². The molecule has 3 atom stereocenters. The number of likely N-dealkylation sites (tertiary alicyclic amines) is 1. The van der Waals surface area contributed by atoms with Crippen molar-refractivity contribution >= 4 is 5.97 Å². The molecule has 1 saturated carbocycles. The molecular formula is C18H25NO2. The maximum atomic E-state index is 12.2. The molecule has 3 heteroatoms. The molecule has 0 amide bonds. The van der Waals surface area contributed by atoms with Gasteiger partial charge in [0.15, 0.2) is 0 Å². The average molecular weight is 287 g/mol. The number of hydrogen-bond donors (Lipinski definition) is 0. The Kier molecular flexibility index (Phi) is 4.59. The van der Waals surface area contributed by atoms with Crippen molar-refractivity contribution < 1.29 is 9.53 Å². The second kappa shape index (κ2) is 6.61. The minimum Gasteiger partial charge on any atom is -0.465 e. The van der Waals surface area contributed by atoms with Crippen LogP contribution in [0.4, 0.5) is 0 Å². The molecule has 0 aromatic heterocycles. The standard InChI is InChI=1S/C18H25NO2/c1-19-16-11-10-15(13-16)17(19)18(20)21-12-6-5-9-14-7-3-2-4-8-14/h2-4,7-8,15-17H,5-6,9-13H2,1H3. The fourth-order valence-electron chi connectivity index (χ4n) is 3.90. The minimum absolute atomic E-state index is 0.00408. The largest absolute Gasteiger partial charge is 0.465 e. The number of carbonyl (C=O) groups is 1. The number of fused-ring (bicyclic) bond motifs is 2. The first-order valence-corrected chi connectivity index (χ1v) is 8.18. The summed E-state index contributed by atoms with van der Waals surface area (Å²) in [6.45, 7) is 0.563. The Morgan fingerprint density at radius 1 is 1.24 bits per heavy atom. The Bertz CT molecular complexity index is 471. The zero-order valence-corrected chi connectivity index (χ0v) is 12.8. The summed E-state index contributed by atoms with van der Waals surface area (Å²) in [6.07, 6.45) is 6.72. The zero-order chi connectivity index (χ0) is 14.7. The maximum Gasteiger partial charge on any atom is 0.323 e. The van der Waals surface area contributed by atoms with Crippen molar-refractivity contribution in [1.82, 2.24) is 4.90 Å². The van der Waals surface area contributed by atoms with Crippen molar-refractivity contribution in [2.75, 3.05) is 13.7 Å². The number of esters is 1. The first kappa shape index (κ1) is 14.6. The molecule has 0 N–H and O–H groups in total. The number of piperidine rings is 1. The third-order valence-corrected chi connectivity index (χ3v) is 5.10. The number of nitrogens with zero attached hydrogens (tertiary/aromatic N) is 1. The lowest BCUT2D eigenvalue weighted by atomic mass is 9.99. The van der Waals surface area contributed by atoms with Gasteiger partial charge in [-0.3, -0.25) is 9.69 Å². The number of aryl methyl sites for hydroxylation is 1. The van der Waals surface area contributed by atoms with E-state index in [9.17, 15) is 4.79 Å². The molecule has 1 aromatic carbocycles. The van der Waals surface area contributed by atoms with Gasteiger partial charge in [-0.05, 0) is 57.1 Å². The summed E-state index contributed by atoms with van der Waals surface area (Å²) in [6, 6.07) is 11.1. The van der Waals surface area contributed by atoms with Gasteiger partial charge in [0.25, 0.3) is 0 Å². The fourth-order valence-corrected chi connectivity index (χ4v) is 3.90. The smallest absolute Gasteiger partial charge is 0.323 e. The molecule has 2 aliphatic rings. The molecule has 3 nitrogen and oxygen atoms in total. The Labute approximate surface area is 127 Å². The van der Waals surface area contributed by atoms with Crippen molar-refractivity contribution in [2.45, 2.75) is 50.6 Å².